The summed E-state index contributed by atoms with van der Waals surface area (Å²) in [5.41, 5.74) is 2.02. The van der Waals surface area contributed by atoms with E-state index in [1.54, 1.807) is 4.90 Å². The number of carbonyl (C=O) groups is 1. The molecule has 3 nitrogen and oxygen atoms in total. The molecule has 1 aliphatic heterocycles. The second-order valence-electron chi connectivity index (χ2n) is 6.25. The Bertz CT molecular complexity index is 903. The normalized spacial score (nSPS) is 16.3. The summed E-state index contributed by atoms with van der Waals surface area (Å²) in [7, 11) is 1.84. The van der Waals surface area contributed by atoms with E-state index < -0.39 is 0 Å². The first-order valence-electron chi connectivity index (χ1n) is 8.19. The standard InChI is InChI=1S/C21H19NO2/c1-22(19-11-10-15-6-2-3-7-16(15)13-19)21(23)18-12-17-8-4-5-9-20(17)24-14-18/h2-11,13,18H,12,14H2,1H3. The quantitative estimate of drug-likeness (QED) is 0.713. The molecule has 3 aromatic carbocycles. The Morgan fingerprint density at radius 3 is 2.62 bits per heavy atom. The average Bonchev–Trinajstić information content (AvgIpc) is 2.66. The molecule has 1 amide bonds. The van der Waals surface area contributed by atoms with Crippen molar-refractivity contribution < 1.29 is 9.53 Å². The van der Waals surface area contributed by atoms with Crippen LogP contribution >= 0.6 is 0 Å². The van der Waals surface area contributed by atoms with Crippen LogP contribution in [0.5, 0.6) is 5.75 Å². The van der Waals surface area contributed by atoms with Gasteiger partial charge in [-0.15, -0.1) is 0 Å². The maximum Gasteiger partial charge on any atom is 0.233 e. The molecule has 0 aliphatic carbocycles. The van der Waals surface area contributed by atoms with Gasteiger partial charge in [0, 0.05) is 12.7 Å². The minimum absolute atomic E-state index is 0.0970. The zero-order valence-electron chi connectivity index (χ0n) is 13.6. The lowest BCUT2D eigenvalue weighted by atomic mass is 9.95. The molecule has 1 unspecified atom stereocenters. The fraction of sp³-hybridized carbons (Fsp3) is 0.190. The summed E-state index contributed by atoms with van der Waals surface area (Å²) < 4.78 is 5.77. The van der Waals surface area contributed by atoms with Crippen LogP contribution in [-0.4, -0.2) is 19.6 Å². The second kappa shape index (κ2) is 6.00. The van der Waals surface area contributed by atoms with Crippen molar-refractivity contribution in [1.29, 1.82) is 0 Å². The number of para-hydroxylation sites is 1. The molecule has 0 radical (unpaired) electrons. The minimum Gasteiger partial charge on any atom is -0.492 e. The first kappa shape index (κ1) is 14.8. The van der Waals surface area contributed by atoms with Gasteiger partial charge in [-0.05, 0) is 41.0 Å². The van der Waals surface area contributed by atoms with Crippen LogP contribution in [0.25, 0.3) is 10.8 Å². The summed E-state index contributed by atoms with van der Waals surface area (Å²) in [5, 5.41) is 2.32. The fourth-order valence-electron chi connectivity index (χ4n) is 3.27. The zero-order valence-corrected chi connectivity index (χ0v) is 13.6. The number of nitrogens with zero attached hydrogens (tertiary/aromatic N) is 1. The fourth-order valence-corrected chi connectivity index (χ4v) is 3.27. The van der Waals surface area contributed by atoms with E-state index in [1.165, 1.54) is 5.39 Å². The topological polar surface area (TPSA) is 29.5 Å². The van der Waals surface area contributed by atoms with Gasteiger partial charge in [-0.25, -0.2) is 0 Å². The number of rotatable bonds is 2. The number of hydrogen-bond donors (Lipinski definition) is 0. The van der Waals surface area contributed by atoms with Gasteiger partial charge in [-0.1, -0.05) is 48.5 Å². The van der Waals surface area contributed by atoms with Crippen LogP contribution in [-0.2, 0) is 11.2 Å². The molecule has 1 heterocycles. The molecule has 0 N–H and O–H groups in total. The number of anilines is 1. The molecule has 0 spiro atoms. The van der Waals surface area contributed by atoms with Gasteiger partial charge in [-0.2, -0.15) is 0 Å². The van der Waals surface area contributed by atoms with Crippen molar-refractivity contribution in [2.45, 2.75) is 6.42 Å². The summed E-state index contributed by atoms with van der Waals surface area (Å²) in [4.78, 5) is 14.6. The molecule has 0 bridgehead atoms. The summed E-state index contributed by atoms with van der Waals surface area (Å²) in [6, 6.07) is 22.2. The van der Waals surface area contributed by atoms with Crippen LogP contribution in [0.4, 0.5) is 5.69 Å². The molecule has 0 fully saturated rings. The summed E-state index contributed by atoms with van der Waals surface area (Å²) >= 11 is 0. The number of amides is 1. The number of carbonyl (C=O) groups excluding carboxylic acids is 1. The first-order valence-corrected chi connectivity index (χ1v) is 8.19. The van der Waals surface area contributed by atoms with Crippen molar-refractivity contribution >= 4 is 22.4 Å². The van der Waals surface area contributed by atoms with Gasteiger partial charge in [-0.3, -0.25) is 4.79 Å². The molecule has 4 rings (SSSR count). The Hall–Kier alpha value is -2.81. The van der Waals surface area contributed by atoms with E-state index >= 15 is 0 Å². The lowest BCUT2D eigenvalue weighted by Gasteiger charge is -2.28. The van der Waals surface area contributed by atoms with Gasteiger partial charge < -0.3 is 9.64 Å². The molecule has 1 atom stereocenters. The van der Waals surface area contributed by atoms with E-state index in [0.717, 1.165) is 28.8 Å². The van der Waals surface area contributed by atoms with Gasteiger partial charge in [0.1, 0.15) is 12.4 Å². The van der Waals surface area contributed by atoms with Crippen LogP contribution < -0.4 is 9.64 Å². The Labute approximate surface area is 141 Å². The summed E-state index contributed by atoms with van der Waals surface area (Å²) in [6.45, 7) is 0.438. The minimum atomic E-state index is -0.142. The molecule has 1 aliphatic rings. The third kappa shape index (κ3) is 2.62. The molecule has 0 saturated carbocycles. The van der Waals surface area contributed by atoms with Crippen molar-refractivity contribution in [2.24, 2.45) is 5.92 Å². The maximum atomic E-state index is 12.9. The Kier molecular flexibility index (Phi) is 3.69. The van der Waals surface area contributed by atoms with Crippen LogP contribution in [0, 0.1) is 5.92 Å². The highest BCUT2D eigenvalue weighted by molar-refractivity contribution is 5.97. The number of hydrogen-bond acceptors (Lipinski definition) is 2. The van der Waals surface area contributed by atoms with E-state index in [2.05, 4.69) is 24.3 Å². The SMILES string of the molecule is CN(C(=O)C1COc2ccccc2C1)c1ccc2ccccc2c1. The van der Waals surface area contributed by atoms with Crippen LogP contribution in [0.15, 0.2) is 66.7 Å². The highest BCUT2D eigenvalue weighted by Gasteiger charge is 2.28. The molecular weight excluding hydrogens is 298 g/mol. The molecule has 0 saturated heterocycles. The van der Waals surface area contributed by atoms with Gasteiger partial charge in [0.2, 0.25) is 5.91 Å². The molecule has 120 valence electrons. The largest absolute Gasteiger partial charge is 0.492 e. The van der Waals surface area contributed by atoms with Crippen LogP contribution in [0.1, 0.15) is 5.56 Å². The Morgan fingerprint density at radius 2 is 1.75 bits per heavy atom. The van der Waals surface area contributed by atoms with Crippen molar-refractivity contribution in [2.75, 3.05) is 18.6 Å². The zero-order chi connectivity index (χ0) is 16.5. The van der Waals surface area contributed by atoms with Gasteiger partial charge in [0.25, 0.3) is 0 Å². The predicted octanol–water partition coefficient (Wildman–Crippen LogP) is 4.05. The monoisotopic (exact) mass is 317 g/mol. The van der Waals surface area contributed by atoms with E-state index in [4.69, 9.17) is 4.74 Å². The van der Waals surface area contributed by atoms with E-state index in [9.17, 15) is 4.79 Å². The number of benzene rings is 3. The second-order valence-corrected chi connectivity index (χ2v) is 6.25. The van der Waals surface area contributed by atoms with Gasteiger partial charge >= 0.3 is 0 Å². The van der Waals surface area contributed by atoms with Crippen molar-refractivity contribution in [1.82, 2.24) is 0 Å². The summed E-state index contributed by atoms with van der Waals surface area (Å²) in [6.07, 6.45) is 0.729. The Morgan fingerprint density at radius 1 is 1.00 bits per heavy atom. The predicted molar refractivity (Wildman–Crippen MR) is 96.5 cm³/mol. The molecule has 3 heteroatoms. The van der Waals surface area contributed by atoms with Crippen molar-refractivity contribution in [3.05, 3.63) is 72.3 Å². The molecule has 0 aromatic heterocycles. The highest BCUT2D eigenvalue weighted by Crippen LogP contribution is 2.29. The van der Waals surface area contributed by atoms with Gasteiger partial charge in [0.15, 0.2) is 0 Å². The number of fused-ring (bicyclic) bond motifs is 2. The highest BCUT2D eigenvalue weighted by atomic mass is 16.5. The summed E-state index contributed by atoms with van der Waals surface area (Å²) in [5.74, 6) is 0.853. The molecular formula is C21H19NO2. The first-order chi connectivity index (χ1) is 11.7. The molecule has 24 heavy (non-hydrogen) atoms. The lowest BCUT2D eigenvalue weighted by molar-refractivity contribution is -0.123. The van der Waals surface area contributed by atoms with Crippen LogP contribution in [0.2, 0.25) is 0 Å². The smallest absolute Gasteiger partial charge is 0.233 e. The maximum absolute atomic E-state index is 12.9. The Balaban J connectivity index is 1.57. The van der Waals surface area contributed by atoms with E-state index in [-0.39, 0.29) is 11.8 Å². The van der Waals surface area contributed by atoms with E-state index in [1.807, 2.05) is 49.5 Å². The van der Waals surface area contributed by atoms with Crippen molar-refractivity contribution in [3.8, 4) is 5.75 Å². The number of ether oxygens (including phenoxy) is 1. The van der Waals surface area contributed by atoms with Gasteiger partial charge in [0.05, 0.1) is 5.92 Å². The molecule has 3 aromatic rings. The van der Waals surface area contributed by atoms with Crippen molar-refractivity contribution in [3.63, 3.8) is 0 Å². The van der Waals surface area contributed by atoms with E-state index in [0.29, 0.717) is 6.61 Å². The third-order valence-corrected chi connectivity index (χ3v) is 4.68. The van der Waals surface area contributed by atoms with Crippen LogP contribution in [0.3, 0.4) is 0 Å². The third-order valence-electron chi connectivity index (χ3n) is 4.68. The lowest BCUT2D eigenvalue weighted by Crippen LogP contribution is -2.38. The average molecular weight is 317 g/mol.